The first-order valence-electron chi connectivity index (χ1n) is 7.21. The van der Waals surface area contributed by atoms with E-state index in [9.17, 15) is 22.0 Å². The molecule has 0 aliphatic rings. The minimum Gasteiger partial charge on any atom is -0.256 e. The van der Waals surface area contributed by atoms with Crippen molar-refractivity contribution in [3.05, 3.63) is 71.6 Å². The Bertz CT molecular complexity index is 935. The van der Waals surface area contributed by atoms with E-state index in [1.54, 1.807) is 19.1 Å². The molecule has 0 aliphatic carbocycles. The molecular weight excluding hydrogens is 339 g/mol. The van der Waals surface area contributed by atoms with Crippen LogP contribution in [0, 0.1) is 18.6 Å². The van der Waals surface area contributed by atoms with Crippen LogP contribution in [0.1, 0.15) is 11.1 Å². The molecule has 3 aromatic rings. The molecule has 0 saturated carbocycles. The first-order valence-corrected chi connectivity index (χ1v) is 7.21. The van der Waals surface area contributed by atoms with Crippen LogP contribution in [-0.4, -0.2) is 9.97 Å². The summed E-state index contributed by atoms with van der Waals surface area (Å²) >= 11 is 0. The van der Waals surface area contributed by atoms with Crippen LogP contribution in [0.15, 0.2) is 48.8 Å². The summed E-state index contributed by atoms with van der Waals surface area (Å²) in [5, 5.41) is 0. The van der Waals surface area contributed by atoms with Crippen LogP contribution in [0.3, 0.4) is 0 Å². The van der Waals surface area contributed by atoms with E-state index in [0.717, 1.165) is 30.0 Å². The fourth-order valence-electron chi connectivity index (χ4n) is 2.38. The summed E-state index contributed by atoms with van der Waals surface area (Å²) in [4.78, 5) is 7.81. The highest BCUT2D eigenvalue weighted by molar-refractivity contribution is 5.71. The van der Waals surface area contributed by atoms with Crippen molar-refractivity contribution in [2.24, 2.45) is 0 Å². The minimum absolute atomic E-state index is 0.0145. The highest BCUT2D eigenvalue weighted by Crippen LogP contribution is 2.34. The lowest BCUT2D eigenvalue weighted by Crippen LogP contribution is -2.05. The SMILES string of the molecule is Cc1ccnc(-c2cc(-c3cc(C(F)(F)F)ccn3)c(F)cc2F)c1. The van der Waals surface area contributed by atoms with Crippen molar-refractivity contribution in [3.8, 4) is 22.5 Å². The Kier molecular flexibility index (Phi) is 4.24. The molecule has 0 fully saturated rings. The van der Waals surface area contributed by atoms with Gasteiger partial charge in [-0.25, -0.2) is 8.78 Å². The Morgan fingerprint density at radius 3 is 1.88 bits per heavy atom. The molecule has 0 saturated heterocycles. The maximum Gasteiger partial charge on any atom is 0.416 e. The fourth-order valence-corrected chi connectivity index (χ4v) is 2.38. The second-order valence-electron chi connectivity index (χ2n) is 5.46. The molecule has 0 bridgehead atoms. The monoisotopic (exact) mass is 350 g/mol. The quantitative estimate of drug-likeness (QED) is 0.577. The third-order valence-corrected chi connectivity index (χ3v) is 3.61. The molecule has 0 aliphatic heterocycles. The van der Waals surface area contributed by atoms with Crippen LogP contribution >= 0.6 is 0 Å². The first kappa shape index (κ1) is 17.0. The molecule has 0 unspecified atom stereocenters. The average molecular weight is 350 g/mol. The Balaban J connectivity index is 2.16. The maximum absolute atomic E-state index is 14.2. The Hall–Kier alpha value is -2.83. The topological polar surface area (TPSA) is 25.8 Å². The number of benzene rings is 1. The van der Waals surface area contributed by atoms with Crippen molar-refractivity contribution in [1.29, 1.82) is 0 Å². The fraction of sp³-hybridized carbons (Fsp3) is 0.111. The van der Waals surface area contributed by atoms with Gasteiger partial charge in [-0.1, -0.05) is 0 Å². The second-order valence-corrected chi connectivity index (χ2v) is 5.46. The zero-order valence-electron chi connectivity index (χ0n) is 12.9. The van der Waals surface area contributed by atoms with Crippen LogP contribution in [0.4, 0.5) is 22.0 Å². The van der Waals surface area contributed by atoms with Gasteiger partial charge >= 0.3 is 6.18 Å². The van der Waals surface area contributed by atoms with Crippen LogP contribution < -0.4 is 0 Å². The van der Waals surface area contributed by atoms with E-state index in [0.29, 0.717) is 6.07 Å². The van der Waals surface area contributed by atoms with E-state index in [1.165, 1.54) is 6.20 Å². The molecule has 2 heterocycles. The molecular formula is C18H11F5N2. The number of hydrogen-bond acceptors (Lipinski definition) is 2. The van der Waals surface area contributed by atoms with Crippen molar-refractivity contribution in [2.75, 3.05) is 0 Å². The van der Waals surface area contributed by atoms with E-state index in [2.05, 4.69) is 9.97 Å². The van der Waals surface area contributed by atoms with Gasteiger partial charge in [0.2, 0.25) is 0 Å². The standard InChI is InChI=1S/C18H11F5N2/c1-10-2-4-24-16(6-10)12-8-13(15(20)9-14(12)19)17-7-11(3-5-25-17)18(21,22)23/h2-9H,1H3. The lowest BCUT2D eigenvalue weighted by Gasteiger charge is -2.11. The number of aryl methyl sites for hydroxylation is 1. The predicted octanol–water partition coefficient (Wildman–Crippen LogP) is 5.42. The van der Waals surface area contributed by atoms with Crippen LogP contribution in [0.2, 0.25) is 0 Å². The van der Waals surface area contributed by atoms with E-state index in [4.69, 9.17) is 0 Å². The summed E-state index contributed by atoms with van der Waals surface area (Å²) in [6.07, 6.45) is -2.18. The molecule has 25 heavy (non-hydrogen) atoms. The number of nitrogens with zero attached hydrogens (tertiary/aromatic N) is 2. The Labute approximate surface area is 140 Å². The Morgan fingerprint density at radius 2 is 1.32 bits per heavy atom. The minimum atomic E-state index is -4.59. The molecule has 0 amide bonds. The highest BCUT2D eigenvalue weighted by Gasteiger charge is 2.31. The molecule has 0 spiro atoms. The number of pyridine rings is 2. The zero-order chi connectivity index (χ0) is 18.2. The first-order chi connectivity index (χ1) is 11.8. The number of rotatable bonds is 2. The van der Waals surface area contributed by atoms with Gasteiger partial charge in [0, 0.05) is 29.6 Å². The molecule has 0 radical (unpaired) electrons. The summed E-state index contributed by atoms with van der Waals surface area (Å²) in [5.74, 6) is -1.85. The van der Waals surface area contributed by atoms with Gasteiger partial charge in [-0.3, -0.25) is 9.97 Å². The van der Waals surface area contributed by atoms with Crippen LogP contribution in [-0.2, 0) is 6.18 Å². The summed E-state index contributed by atoms with van der Waals surface area (Å²) in [7, 11) is 0. The maximum atomic E-state index is 14.2. The second kappa shape index (κ2) is 6.23. The van der Waals surface area contributed by atoms with Gasteiger partial charge in [0.05, 0.1) is 17.0 Å². The average Bonchev–Trinajstić information content (AvgIpc) is 2.54. The Morgan fingerprint density at radius 1 is 0.760 bits per heavy atom. The van der Waals surface area contributed by atoms with E-state index in [1.807, 2.05) is 0 Å². The van der Waals surface area contributed by atoms with Crippen molar-refractivity contribution >= 4 is 0 Å². The van der Waals surface area contributed by atoms with Crippen LogP contribution in [0.5, 0.6) is 0 Å². The molecule has 2 aromatic heterocycles. The van der Waals surface area contributed by atoms with Crippen molar-refractivity contribution in [2.45, 2.75) is 13.1 Å². The lowest BCUT2D eigenvalue weighted by atomic mass is 10.0. The van der Waals surface area contributed by atoms with Gasteiger partial charge in [0.1, 0.15) is 11.6 Å². The van der Waals surface area contributed by atoms with Gasteiger partial charge in [-0.2, -0.15) is 13.2 Å². The van der Waals surface area contributed by atoms with Gasteiger partial charge in [-0.05, 0) is 42.8 Å². The third-order valence-electron chi connectivity index (χ3n) is 3.61. The number of aromatic nitrogens is 2. The summed E-state index contributed by atoms with van der Waals surface area (Å²) < 4.78 is 66.8. The third kappa shape index (κ3) is 3.50. The summed E-state index contributed by atoms with van der Waals surface area (Å²) in [6, 6.07) is 6.56. The van der Waals surface area contributed by atoms with Gasteiger partial charge < -0.3 is 0 Å². The predicted molar refractivity (Wildman–Crippen MR) is 82.6 cm³/mol. The molecule has 128 valence electrons. The van der Waals surface area contributed by atoms with E-state index >= 15 is 0 Å². The van der Waals surface area contributed by atoms with E-state index in [-0.39, 0.29) is 22.5 Å². The molecule has 2 nitrogen and oxygen atoms in total. The number of hydrogen-bond donors (Lipinski definition) is 0. The molecule has 1 aromatic carbocycles. The van der Waals surface area contributed by atoms with Crippen molar-refractivity contribution in [1.82, 2.24) is 9.97 Å². The molecule has 3 rings (SSSR count). The van der Waals surface area contributed by atoms with Gasteiger partial charge in [0.25, 0.3) is 0 Å². The molecule has 7 heteroatoms. The summed E-state index contributed by atoms with van der Waals surface area (Å²) in [5.41, 5.74) is -0.374. The molecule has 0 N–H and O–H groups in total. The smallest absolute Gasteiger partial charge is 0.256 e. The van der Waals surface area contributed by atoms with E-state index < -0.39 is 23.4 Å². The number of alkyl halides is 3. The zero-order valence-corrected chi connectivity index (χ0v) is 12.9. The summed E-state index contributed by atoms with van der Waals surface area (Å²) in [6.45, 7) is 1.78. The van der Waals surface area contributed by atoms with Crippen molar-refractivity contribution in [3.63, 3.8) is 0 Å². The lowest BCUT2D eigenvalue weighted by molar-refractivity contribution is -0.137. The van der Waals surface area contributed by atoms with Crippen LogP contribution in [0.25, 0.3) is 22.5 Å². The highest BCUT2D eigenvalue weighted by atomic mass is 19.4. The largest absolute Gasteiger partial charge is 0.416 e. The number of halogens is 5. The molecule has 0 atom stereocenters. The van der Waals surface area contributed by atoms with Gasteiger partial charge in [-0.15, -0.1) is 0 Å². The normalized spacial score (nSPS) is 11.6. The van der Waals surface area contributed by atoms with Crippen molar-refractivity contribution < 1.29 is 22.0 Å². The van der Waals surface area contributed by atoms with Gasteiger partial charge in [0.15, 0.2) is 0 Å².